The van der Waals surface area contributed by atoms with Gasteiger partial charge >= 0.3 is 0 Å². The number of nitrogens with zero attached hydrogens (tertiary/aromatic N) is 2. The van der Waals surface area contributed by atoms with Gasteiger partial charge in [-0.3, -0.25) is 9.80 Å². The largest absolute Gasteiger partial charge is 0.369 e. The lowest BCUT2D eigenvalue weighted by Crippen LogP contribution is -2.32. The highest BCUT2D eigenvalue weighted by molar-refractivity contribution is 6.30. The minimum absolute atomic E-state index is 0.135. The number of hydrogen-bond donors (Lipinski definition) is 0. The molecule has 1 aromatic carbocycles. The van der Waals surface area contributed by atoms with Crippen molar-refractivity contribution in [2.45, 2.75) is 19.1 Å². The van der Waals surface area contributed by atoms with Crippen LogP contribution < -0.4 is 0 Å². The lowest BCUT2D eigenvalue weighted by atomic mass is 10.2. The van der Waals surface area contributed by atoms with E-state index in [1.807, 2.05) is 12.1 Å². The molecule has 3 rings (SSSR count). The van der Waals surface area contributed by atoms with Crippen LogP contribution in [0.3, 0.4) is 0 Å². The number of rotatable bonds is 4. The summed E-state index contributed by atoms with van der Waals surface area (Å²) >= 11 is 5.90. The predicted molar refractivity (Wildman–Crippen MR) is 72.7 cm³/mol. The van der Waals surface area contributed by atoms with E-state index in [-0.39, 0.29) is 5.60 Å². The third kappa shape index (κ3) is 3.04. The summed E-state index contributed by atoms with van der Waals surface area (Å²) in [5.41, 5.74) is 1.46. The molecule has 4 heteroatoms. The maximum Gasteiger partial charge on any atom is 0.101 e. The fourth-order valence-electron chi connectivity index (χ4n) is 2.50. The topological polar surface area (TPSA) is 19.0 Å². The highest BCUT2D eigenvalue weighted by Crippen LogP contribution is 2.28. The molecule has 0 saturated carbocycles. The van der Waals surface area contributed by atoms with E-state index in [9.17, 15) is 0 Å². The Morgan fingerprint density at radius 3 is 2.56 bits per heavy atom. The number of halogens is 1. The minimum atomic E-state index is 0.135. The molecule has 2 heterocycles. The molecule has 0 radical (unpaired) electrons. The van der Waals surface area contributed by atoms with Gasteiger partial charge in [0.1, 0.15) is 5.60 Å². The second kappa shape index (κ2) is 4.82. The Bertz CT molecular complexity index is 416. The molecule has 2 saturated heterocycles. The van der Waals surface area contributed by atoms with Crippen molar-refractivity contribution in [1.29, 1.82) is 0 Å². The molecule has 0 spiro atoms. The Hall–Kier alpha value is -0.610. The average Bonchev–Trinajstić information content (AvgIpc) is 2.90. The quantitative estimate of drug-likeness (QED) is 0.779. The Balaban J connectivity index is 1.51. The van der Waals surface area contributed by atoms with E-state index in [0.29, 0.717) is 0 Å². The first kappa shape index (κ1) is 12.4. The predicted octanol–water partition coefficient (Wildman–Crippen LogP) is 2.20. The molecule has 0 amide bonds. The average molecular weight is 267 g/mol. The maximum atomic E-state index is 5.90. The van der Waals surface area contributed by atoms with E-state index in [4.69, 9.17) is 16.3 Å². The van der Waals surface area contributed by atoms with Crippen molar-refractivity contribution in [2.24, 2.45) is 0 Å². The number of epoxide rings is 1. The van der Waals surface area contributed by atoms with Crippen molar-refractivity contribution in [3.8, 4) is 0 Å². The molecule has 1 unspecified atom stereocenters. The van der Waals surface area contributed by atoms with Gasteiger partial charge in [-0.05, 0) is 24.6 Å². The highest BCUT2D eigenvalue weighted by Gasteiger charge is 2.41. The van der Waals surface area contributed by atoms with Gasteiger partial charge in [-0.25, -0.2) is 0 Å². The standard InChI is InChI=1S/C14H19ClN2O/c1-14(10-18-14)9-17-7-6-16(11-17)8-12-2-4-13(15)5-3-12/h2-5H,6-11H2,1H3. The Kier molecular flexibility index (Phi) is 3.32. The molecule has 2 fully saturated rings. The van der Waals surface area contributed by atoms with Crippen LogP contribution in [0.5, 0.6) is 0 Å². The lowest BCUT2D eigenvalue weighted by Gasteiger charge is -2.19. The summed E-state index contributed by atoms with van der Waals surface area (Å²) in [6.07, 6.45) is 0. The van der Waals surface area contributed by atoms with Crippen LogP contribution >= 0.6 is 11.6 Å². The Morgan fingerprint density at radius 2 is 1.89 bits per heavy atom. The van der Waals surface area contributed by atoms with Crippen molar-refractivity contribution in [1.82, 2.24) is 9.80 Å². The van der Waals surface area contributed by atoms with Crippen molar-refractivity contribution < 1.29 is 4.74 Å². The molecule has 1 aromatic rings. The fourth-order valence-corrected chi connectivity index (χ4v) is 2.63. The second-order valence-electron chi connectivity index (χ2n) is 5.61. The van der Waals surface area contributed by atoms with E-state index in [0.717, 1.165) is 44.5 Å². The Morgan fingerprint density at radius 1 is 1.22 bits per heavy atom. The van der Waals surface area contributed by atoms with Crippen LogP contribution in [0.25, 0.3) is 0 Å². The molecular weight excluding hydrogens is 248 g/mol. The third-order valence-corrected chi connectivity index (χ3v) is 3.90. The van der Waals surface area contributed by atoms with E-state index in [1.165, 1.54) is 5.56 Å². The molecule has 18 heavy (non-hydrogen) atoms. The summed E-state index contributed by atoms with van der Waals surface area (Å²) in [4.78, 5) is 4.94. The van der Waals surface area contributed by atoms with Crippen molar-refractivity contribution in [3.05, 3.63) is 34.9 Å². The number of hydrogen-bond acceptors (Lipinski definition) is 3. The summed E-state index contributed by atoms with van der Waals surface area (Å²) in [5.74, 6) is 0. The second-order valence-corrected chi connectivity index (χ2v) is 6.05. The van der Waals surface area contributed by atoms with Gasteiger partial charge in [0.05, 0.1) is 13.3 Å². The van der Waals surface area contributed by atoms with E-state index in [1.54, 1.807) is 0 Å². The molecule has 0 N–H and O–H groups in total. The summed E-state index contributed by atoms with van der Waals surface area (Å²) in [6, 6.07) is 8.14. The molecule has 3 nitrogen and oxygen atoms in total. The molecule has 0 bridgehead atoms. The fraction of sp³-hybridized carbons (Fsp3) is 0.571. The van der Waals surface area contributed by atoms with Crippen LogP contribution in [0, 0.1) is 0 Å². The van der Waals surface area contributed by atoms with Crippen LogP contribution in [0.15, 0.2) is 24.3 Å². The summed E-state index contributed by atoms with van der Waals surface area (Å²) in [7, 11) is 0. The van der Waals surface area contributed by atoms with Gasteiger partial charge in [-0.1, -0.05) is 23.7 Å². The highest BCUT2D eigenvalue weighted by atomic mass is 35.5. The van der Waals surface area contributed by atoms with Gasteiger partial charge < -0.3 is 4.74 Å². The summed E-state index contributed by atoms with van der Waals surface area (Å²) < 4.78 is 5.45. The Labute approximate surface area is 113 Å². The zero-order valence-corrected chi connectivity index (χ0v) is 11.5. The van der Waals surface area contributed by atoms with Gasteiger partial charge in [-0.2, -0.15) is 0 Å². The van der Waals surface area contributed by atoms with Crippen molar-refractivity contribution in [2.75, 3.05) is 32.9 Å². The monoisotopic (exact) mass is 266 g/mol. The first-order chi connectivity index (χ1) is 8.63. The smallest absolute Gasteiger partial charge is 0.101 e. The van der Waals surface area contributed by atoms with Crippen LogP contribution in [-0.4, -0.2) is 48.3 Å². The van der Waals surface area contributed by atoms with E-state index >= 15 is 0 Å². The SMILES string of the molecule is CC1(CN2CCN(Cc3ccc(Cl)cc3)C2)CO1. The molecular formula is C14H19ClN2O. The summed E-state index contributed by atoms with van der Waals surface area (Å²) in [5, 5.41) is 0.806. The normalized spacial score (nSPS) is 28.8. The van der Waals surface area contributed by atoms with Gasteiger partial charge in [0.25, 0.3) is 0 Å². The van der Waals surface area contributed by atoms with E-state index < -0.39 is 0 Å². The first-order valence-electron chi connectivity index (χ1n) is 6.46. The third-order valence-electron chi connectivity index (χ3n) is 3.65. The van der Waals surface area contributed by atoms with Crippen LogP contribution in [-0.2, 0) is 11.3 Å². The summed E-state index contributed by atoms with van der Waals surface area (Å²) in [6.45, 7) is 8.50. The van der Waals surface area contributed by atoms with E-state index in [2.05, 4.69) is 28.9 Å². The molecule has 98 valence electrons. The molecule has 2 aliphatic heterocycles. The molecule has 1 atom stereocenters. The van der Waals surface area contributed by atoms with Crippen LogP contribution in [0.1, 0.15) is 12.5 Å². The first-order valence-corrected chi connectivity index (χ1v) is 6.84. The van der Waals surface area contributed by atoms with Gasteiger partial charge in [0.2, 0.25) is 0 Å². The van der Waals surface area contributed by atoms with Crippen LogP contribution in [0.4, 0.5) is 0 Å². The zero-order chi connectivity index (χ0) is 12.6. The maximum absolute atomic E-state index is 5.90. The van der Waals surface area contributed by atoms with Gasteiger partial charge in [0.15, 0.2) is 0 Å². The minimum Gasteiger partial charge on any atom is -0.369 e. The number of ether oxygens (including phenoxy) is 1. The number of benzene rings is 1. The molecule has 0 aliphatic carbocycles. The van der Waals surface area contributed by atoms with Crippen molar-refractivity contribution in [3.63, 3.8) is 0 Å². The zero-order valence-electron chi connectivity index (χ0n) is 10.7. The lowest BCUT2D eigenvalue weighted by molar-refractivity contribution is 0.190. The molecule has 2 aliphatic rings. The molecule has 0 aromatic heterocycles. The van der Waals surface area contributed by atoms with Gasteiger partial charge in [-0.15, -0.1) is 0 Å². The van der Waals surface area contributed by atoms with Crippen LogP contribution in [0.2, 0.25) is 5.02 Å². The van der Waals surface area contributed by atoms with Crippen molar-refractivity contribution >= 4 is 11.6 Å². The van der Waals surface area contributed by atoms with Gasteiger partial charge in [0, 0.05) is 31.2 Å².